The Kier molecular flexibility index (Phi) is 5.61. The Morgan fingerprint density at radius 2 is 1.53 bits per heavy atom. The molecule has 0 saturated carbocycles. The lowest BCUT2D eigenvalue weighted by atomic mass is 10.4. The van der Waals surface area contributed by atoms with Gasteiger partial charge in [0.25, 0.3) is 11.8 Å². The molecule has 1 N–H and O–H groups in total. The molecule has 0 unspecified atom stereocenters. The Bertz CT molecular complexity index is 406. The van der Waals surface area contributed by atoms with E-state index in [4.69, 9.17) is 0 Å². The Morgan fingerprint density at radius 1 is 1.05 bits per heavy atom. The van der Waals surface area contributed by atoms with E-state index in [2.05, 4.69) is 26.1 Å². The number of hydrogen-bond acceptors (Lipinski definition) is 6. The maximum absolute atomic E-state index is 10.8. The second-order valence-corrected chi connectivity index (χ2v) is 4.21. The molecule has 0 aromatic heterocycles. The van der Waals surface area contributed by atoms with Crippen LogP contribution in [0.2, 0.25) is 0 Å². The van der Waals surface area contributed by atoms with Crippen molar-refractivity contribution in [3.8, 4) is 0 Å². The first-order valence-electron chi connectivity index (χ1n) is 5.39. The van der Waals surface area contributed by atoms with Gasteiger partial charge in [-0.05, 0) is 0 Å². The summed E-state index contributed by atoms with van der Waals surface area (Å²) in [6.45, 7) is 0. The number of carbonyl (C=O) groups excluding carboxylic acids is 5. The maximum Gasteiger partial charge on any atom is 0.343 e. The smallest absolute Gasteiger partial charge is 0.329 e. The molecule has 2 aliphatic rings. The predicted octanol–water partition coefficient (Wildman–Crippen LogP) is -0.589. The number of nitrogens with one attached hydrogen (secondary N) is 1. The van der Waals surface area contributed by atoms with E-state index in [1.54, 1.807) is 0 Å². The summed E-state index contributed by atoms with van der Waals surface area (Å²) in [6, 6.07) is 0. The van der Waals surface area contributed by atoms with E-state index < -0.39 is 17.8 Å². The van der Waals surface area contributed by atoms with Gasteiger partial charge >= 0.3 is 5.97 Å². The highest BCUT2D eigenvalue weighted by atomic mass is 79.9. The van der Waals surface area contributed by atoms with Gasteiger partial charge in [-0.3, -0.25) is 24.5 Å². The fourth-order valence-electron chi connectivity index (χ4n) is 1.29. The van der Waals surface area contributed by atoms with Gasteiger partial charge in [-0.25, -0.2) is 4.79 Å². The topological polar surface area (TPSA) is 110 Å². The average molecular weight is 335 g/mol. The standard InChI is InChI=1S/C6H6BrNO4.C4H5NO2/c7-3-6(11)12-8-4(9)1-2-5(8)10;6-3-1-2-4(7)5-3/h1-3H2;1-2H2,(H,5,6,7). The zero-order valence-corrected chi connectivity index (χ0v) is 11.4. The third-order valence-corrected chi connectivity index (χ3v) is 2.62. The molecule has 2 saturated heterocycles. The number of nitrogens with zero attached hydrogens (tertiary/aromatic N) is 1. The summed E-state index contributed by atoms with van der Waals surface area (Å²) in [6.07, 6.45) is 0.987. The second kappa shape index (κ2) is 6.98. The number of hydroxylamine groups is 2. The zero-order chi connectivity index (χ0) is 14.4. The highest BCUT2D eigenvalue weighted by molar-refractivity contribution is 9.09. The number of halogens is 1. The first-order chi connectivity index (χ1) is 8.93. The molecular formula is C10H11BrN2O6. The number of carbonyl (C=O) groups is 5. The summed E-state index contributed by atoms with van der Waals surface area (Å²) >= 11 is 2.84. The Morgan fingerprint density at radius 3 is 1.84 bits per heavy atom. The van der Waals surface area contributed by atoms with Crippen LogP contribution in [0.5, 0.6) is 0 Å². The molecule has 104 valence electrons. The van der Waals surface area contributed by atoms with Crippen molar-refractivity contribution in [2.24, 2.45) is 0 Å². The minimum Gasteiger partial charge on any atom is -0.329 e. The van der Waals surface area contributed by atoms with Crippen LogP contribution in [0.3, 0.4) is 0 Å². The maximum atomic E-state index is 10.8. The molecule has 4 amide bonds. The lowest BCUT2D eigenvalue weighted by Crippen LogP contribution is -2.32. The van der Waals surface area contributed by atoms with Crippen LogP contribution in [0.25, 0.3) is 0 Å². The quantitative estimate of drug-likeness (QED) is 0.534. The highest BCUT2D eigenvalue weighted by Crippen LogP contribution is 2.12. The molecular weight excluding hydrogens is 324 g/mol. The second-order valence-electron chi connectivity index (χ2n) is 3.65. The molecule has 2 aliphatic heterocycles. The van der Waals surface area contributed by atoms with E-state index in [0.717, 1.165) is 0 Å². The van der Waals surface area contributed by atoms with Crippen LogP contribution < -0.4 is 5.32 Å². The monoisotopic (exact) mass is 334 g/mol. The molecule has 9 heteroatoms. The normalized spacial score (nSPS) is 18.1. The zero-order valence-electron chi connectivity index (χ0n) is 9.81. The predicted molar refractivity (Wildman–Crippen MR) is 63.4 cm³/mol. The SMILES string of the molecule is O=C(CBr)ON1C(=O)CCC1=O.O=C1CCC(=O)N1. The van der Waals surface area contributed by atoms with Crippen LogP contribution in [0.15, 0.2) is 0 Å². The van der Waals surface area contributed by atoms with Crippen LogP contribution in [-0.4, -0.2) is 40.0 Å². The van der Waals surface area contributed by atoms with E-state index in [0.29, 0.717) is 17.9 Å². The van der Waals surface area contributed by atoms with Crippen molar-refractivity contribution in [2.75, 3.05) is 5.33 Å². The van der Waals surface area contributed by atoms with Crippen molar-refractivity contribution in [2.45, 2.75) is 25.7 Å². The van der Waals surface area contributed by atoms with Crippen molar-refractivity contribution >= 4 is 45.5 Å². The first-order valence-corrected chi connectivity index (χ1v) is 6.51. The van der Waals surface area contributed by atoms with Crippen molar-refractivity contribution in [1.29, 1.82) is 0 Å². The fraction of sp³-hybridized carbons (Fsp3) is 0.500. The molecule has 0 radical (unpaired) electrons. The van der Waals surface area contributed by atoms with Crippen LogP contribution >= 0.6 is 15.9 Å². The summed E-state index contributed by atoms with van der Waals surface area (Å²) < 4.78 is 0. The molecule has 0 atom stereocenters. The summed E-state index contributed by atoms with van der Waals surface area (Å²) in [7, 11) is 0. The largest absolute Gasteiger partial charge is 0.343 e. The van der Waals surface area contributed by atoms with Crippen molar-refractivity contribution in [3.05, 3.63) is 0 Å². The average Bonchev–Trinajstić information content (AvgIpc) is 2.89. The molecule has 0 aliphatic carbocycles. The van der Waals surface area contributed by atoms with Gasteiger partial charge in [-0.2, -0.15) is 0 Å². The fourth-order valence-corrected chi connectivity index (χ4v) is 1.39. The minimum absolute atomic E-state index is 0.0376. The van der Waals surface area contributed by atoms with Gasteiger partial charge in [-0.1, -0.05) is 15.9 Å². The third-order valence-electron chi connectivity index (χ3n) is 2.17. The summed E-state index contributed by atoms with van der Waals surface area (Å²) in [5.74, 6) is -1.88. The van der Waals surface area contributed by atoms with Crippen LogP contribution in [0, 0.1) is 0 Å². The van der Waals surface area contributed by atoms with E-state index in [-0.39, 0.29) is 30.0 Å². The Labute approximate surface area is 116 Å². The molecule has 2 rings (SSSR count). The molecule has 0 aromatic rings. The molecule has 0 bridgehead atoms. The summed E-state index contributed by atoms with van der Waals surface area (Å²) in [5.41, 5.74) is 0. The number of rotatable bonds is 2. The molecule has 19 heavy (non-hydrogen) atoms. The number of alkyl halides is 1. The van der Waals surface area contributed by atoms with Crippen molar-refractivity contribution in [3.63, 3.8) is 0 Å². The lowest BCUT2D eigenvalue weighted by molar-refractivity contribution is -0.195. The van der Waals surface area contributed by atoms with Gasteiger partial charge in [0.1, 0.15) is 5.33 Å². The van der Waals surface area contributed by atoms with Gasteiger partial charge in [0.2, 0.25) is 11.8 Å². The highest BCUT2D eigenvalue weighted by Gasteiger charge is 2.32. The third kappa shape index (κ3) is 4.78. The van der Waals surface area contributed by atoms with Gasteiger partial charge in [0, 0.05) is 25.7 Å². The lowest BCUT2D eigenvalue weighted by Gasteiger charge is -2.10. The molecule has 2 heterocycles. The van der Waals surface area contributed by atoms with Crippen LogP contribution in [0.1, 0.15) is 25.7 Å². The van der Waals surface area contributed by atoms with Crippen molar-refractivity contribution < 1.29 is 28.8 Å². The van der Waals surface area contributed by atoms with Crippen LogP contribution in [0.4, 0.5) is 0 Å². The van der Waals surface area contributed by atoms with E-state index in [9.17, 15) is 24.0 Å². The Balaban J connectivity index is 0.000000218. The first kappa shape index (κ1) is 15.3. The van der Waals surface area contributed by atoms with E-state index in [1.807, 2.05) is 0 Å². The number of imide groups is 2. The van der Waals surface area contributed by atoms with Gasteiger partial charge in [-0.15, -0.1) is 5.06 Å². The van der Waals surface area contributed by atoms with E-state index >= 15 is 0 Å². The molecule has 8 nitrogen and oxygen atoms in total. The summed E-state index contributed by atoms with van der Waals surface area (Å²) in [5, 5.41) is 2.62. The number of hydrogen-bond donors (Lipinski definition) is 1. The van der Waals surface area contributed by atoms with Crippen LogP contribution in [-0.2, 0) is 28.8 Å². The van der Waals surface area contributed by atoms with Gasteiger partial charge in [0.05, 0.1) is 0 Å². The van der Waals surface area contributed by atoms with Crippen molar-refractivity contribution in [1.82, 2.24) is 10.4 Å². The van der Waals surface area contributed by atoms with E-state index in [1.165, 1.54) is 0 Å². The Hall–Kier alpha value is -1.77. The molecule has 0 aromatic carbocycles. The molecule has 2 fully saturated rings. The summed E-state index contributed by atoms with van der Waals surface area (Å²) in [4.78, 5) is 57.0. The minimum atomic E-state index is -0.654. The van der Waals surface area contributed by atoms with Gasteiger partial charge < -0.3 is 4.84 Å². The number of amides is 4. The van der Waals surface area contributed by atoms with Gasteiger partial charge in [0.15, 0.2) is 0 Å². The molecule has 0 spiro atoms.